The molecule has 2 amide bonds. The van der Waals surface area contributed by atoms with Crippen LogP contribution >= 0.6 is 11.3 Å². The number of urea groups is 1. The lowest BCUT2D eigenvalue weighted by Crippen LogP contribution is -2.38. The Morgan fingerprint density at radius 1 is 1.61 bits per heavy atom. The zero-order chi connectivity index (χ0) is 12.5. The lowest BCUT2D eigenvalue weighted by atomic mass is 10.1. The van der Waals surface area contributed by atoms with Gasteiger partial charge in [0.25, 0.3) is 0 Å². The number of anilines is 1. The summed E-state index contributed by atoms with van der Waals surface area (Å²) in [4.78, 5) is 15.2. The lowest BCUT2D eigenvalue weighted by Gasteiger charge is -2.26. The van der Waals surface area contributed by atoms with Gasteiger partial charge in [-0.15, -0.1) is 11.3 Å². The van der Waals surface area contributed by atoms with Crippen LogP contribution in [0.25, 0.3) is 0 Å². The number of hydrogen-bond donors (Lipinski definition) is 1. The first kappa shape index (κ1) is 11.3. The Labute approximate surface area is 108 Å². The van der Waals surface area contributed by atoms with Crippen LogP contribution in [-0.2, 0) is 13.0 Å². The average Bonchev–Trinajstić information content (AvgIpc) is 2.96. The highest BCUT2D eigenvalue weighted by Crippen LogP contribution is 2.24. The van der Waals surface area contributed by atoms with Crippen molar-refractivity contribution in [3.8, 4) is 0 Å². The molecule has 0 bridgehead atoms. The largest absolute Gasteiger partial charge is 0.360 e. The minimum atomic E-state index is -0.125. The molecule has 94 valence electrons. The van der Waals surface area contributed by atoms with Crippen LogP contribution < -0.4 is 5.32 Å². The first-order valence-electron chi connectivity index (χ1n) is 5.77. The standard InChI is InChI=1S/C12H13N3O2S/c1-8-6-11(14-17-8)13-12(16)15-4-2-10-9(7-15)3-5-18-10/h3,5-6H,2,4,7H2,1H3,(H,13,14,16). The second kappa shape index (κ2) is 4.45. The quantitative estimate of drug-likeness (QED) is 0.860. The molecule has 1 aliphatic rings. The highest BCUT2D eigenvalue weighted by Gasteiger charge is 2.21. The van der Waals surface area contributed by atoms with E-state index < -0.39 is 0 Å². The molecule has 2 aromatic heterocycles. The van der Waals surface area contributed by atoms with Gasteiger partial charge < -0.3 is 9.42 Å². The molecule has 0 atom stereocenters. The third kappa shape index (κ3) is 2.11. The maximum Gasteiger partial charge on any atom is 0.323 e. The lowest BCUT2D eigenvalue weighted by molar-refractivity contribution is 0.206. The summed E-state index contributed by atoms with van der Waals surface area (Å²) in [5, 5.41) is 8.57. The Kier molecular flexibility index (Phi) is 2.79. The smallest absolute Gasteiger partial charge is 0.323 e. The number of rotatable bonds is 1. The monoisotopic (exact) mass is 263 g/mol. The summed E-state index contributed by atoms with van der Waals surface area (Å²) in [6, 6.07) is 3.66. The summed E-state index contributed by atoms with van der Waals surface area (Å²) in [7, 11) is 0. The molecule has 0 fully saturated rings. The van der Waals surface area contributed by atoms with Gasteiger partial charge in [0.05, 0.1) is 0 Å². The van der Waals surface area contributed by atoms with E-state index in [1.165, 1.54) is 10.4 Å². The summed E-state index contributed by atoms with van der Waals surface area (Å²) in [5.41, 5.74) is 1.25. The molecule has 1 N–H and O–H groups in total. The molecule has 18 heavy (non-hydrogen) atoms. The fourth-order valence-electron chi connectivity index (χ4n) is 2.04. The summed E-state index contributed by atoms with van der Waals surface area (Å²) in [6.45, 7) is 3.21. The fourth-order valence-corrected chi connectivity index (χ4v) is 2.93. The van der Waals surface area contributed by atoms with E-state index in [1.54, 1.807) is 29.2 Å². The normalized spacial score (nSPS) is 14.4. The number of fused-ring (bicyclic) bond motifs is 1. The summed E-state index contributed by atoms with van der Waals surface area (Å²) >= 11 is 1.76. The van der Waals surface area contributed by atoms with Crippen LogP contribution in [0.4, 0.5) is 10.6 Å². The molecular formula is C12H13N3O2S. The van der Waals surface area contributed by atoms with Crippen LogP contribution in [0.15, 0.2) is 22.0 Å². The molecule has 0 spiro atoms. The molecule has 6 heteroatoms. The van der Waals surface area contributed by atoms with Gasteiger partial charge in [-0.3, -0.25) is 5.32 Å². The highest BCUT2D eigenvalue weighted by molar-refractivity contribution is 7.10. The Hall–Kier alpha value is -1.82. The topological polar surface area (TPSA) is 58.4 Å². The van der Waals surface area contributed by atoms with Crippen LogP contribution in [0.5, 0.6) is 0 Å². The van der Waals surface area contributed by atoms with Crippen molar-refractivity contribution >= 4 is 23.2 Å². The second-order valence-corrected chi connectivity index (χ2v) is 5.29. The number of aromatic nitrogens is 1. The van der Waals surface area contributed by atoms with Crippen molar-refractivity contribution in [2.24, 2.45) is 0 Å². The van der Waals surface area contributed by atoms with E-state index >= 15 is 0 Å². The van der Waals surface area contributed by atoms with E-state index in [4.69, 9.17) is 4.52 Å². The molecule has 0 saturated carbocycles. The van der Waals surface area contributed by atoms with Crippen molar-refractivity contribution in [2.75, 3.05) is 11.9 Å². The van der Waals surface area contributed by atoms with E-state index in [2.05, 4.69) is 21.9 Å². The minimum absolute atomic E-state index is 0.125. The van der Waals surface area contributed by atoms with Crippen molar-refractivity contribution < 1.29 is 9.32 Å². The first-order valence-corrected chi connectivity index (χ1v) is 6.65. The molecule has 0 aromatic carbocycles. The maximum absolute atomic E-state index is 12.0. The minimum Gasteiger partial charge on any atom is -0.360 e. The van der Waals surface area contributed by atoms with Crippen LogP contribution in [-0.4, -0.2) is 22.6 Å². The van der Waals surface area contributed by atoms with Crippen LogP contribution in [0.1, 0.15) is 16.2 Å². The SMILES string of the molecule is Cc1cc(NC(=O)N2CCc3sccc3C2)no1. The third-order valence-corrected chi connectivity index (χ3v) is 3.98. The first-order chi connectivity index (χ1) is 8.72. The number of nitrogens with zero attached hydrogens (tertiary/aromatic N) is 2. The molecule has 0 aliphatic carbocycles. The zero-order valence-corrected chi connectivity index (χ0v) is 10.8. The van der Waals surface area contributed by atoms with Crippen molar-refractivity contribution in [2.45, 2.75) is 19.9 Å². The maximum atomic E-state index is 12.0. The molecule has 5 nitrogen and oxygen atoms in total. The molecule has 0 radical (unpaired) electrons. The van der Waals surface area contributed by atoms with Crippen molar-refractivity contribution in [1.29, 1.82) is 0 Å². The molecular weight excluding hydrogens is 250 g/mol. The second-order valence-electron chi connectivity index (χ2n) is 4.29. The summed E-state index contributed by atoms with van der Waals surface area (Å²) < 4.78 is 4.91. The Bertz CT molecular complexity index is 575. The van der Waals surface area contributed by atoms with Crippen LogP contribution in [0.3, 0.4) is 0 Å². The van der Waals surface area contributed by atoms with Crippen molar-refractivity contribution in [3.05, 3.63) is 33.7 Å². The molecule has 2 aromatic rings. The average molecular weight is 263 g/mol. The summed E-state index contributed by atoms with van der Waals surface area (Å²) in [6.07, 6.45) is 0.929. The molecule has 3 rings (SSSR count). The van der Waals surface area contributed by atoms with E-state index in [0.29, 0.717) is 18.1 Å². The number of carbonyl (C=O) groups is 1. The number of carbonyl (C=O) groups excluding carboxylic acids is 1. The summed E-state index contributed by atoms with van der Waals surface area (Å²) in [5.74, 6) is 1.15. The van der Waals surface area contributed by atoms with Gasteiger partial charge in [-0.05, 0) is 30.4 Å². The highest BCUT2D eigenvalue weighted by atomic mass is 32.1. The van der Waals surface area contributed by atoms with E-state index in [-0.39, 0.29) is 6.03 Å². The van der Waals surface area contributed by atoms with Gasteiger partial charge in [-0.25, -0.2) is 4.79 Å². The molecule has 3 heterocycles. The molecule has 1 aliphatic heterocycles. The third-order valence-electron chi connectivity index (χ3n) is 2.96. The fraction of sp³-hybridized carbons (Fsp3) is 0.333. The van der Waals surface area contributed by atoms with Gasteiger partial charge in [0.15, 0.2) is 5.82 Å². The van der Waals surface area contributed by atoms with E-state index in [1.807, 2.05) is 0 Å². The van der Waals surface area contributed by atoms with Crippen LogP contribution in [0.2, 0.25) is 0 Å². The van der Waals surface area contributed by atoms with Crippen molar-refractivity contribution in [1.82, 2.24) is 10.1 Å². The van der Waals surface area contributed by atoms with E-state index in [0.717, 1.165) is 13.0 Å². The van der Waals surface area contributed by atoms with E-state index in [9.17, 15) is 4.79 Å². The van der Waals surface area contributed by atoms with Crippen molar-refractivity contribution in [3.63, 3.8) is 0 Å². The zero-order valence-electron chi connectivity index (χ0n) is 9.97. The van der Waals surface area contributed by atoms with Gasteiger partial charge in [0.2, 0.25) is 0 Å². The molecule has 0 saturated heterocycles. The predicted molar refractivity (Wildman–Crippen MR) is 68.7 cm³/mol. The Balaban J connectivity index is 1.67. The number of hydrogen-bond acceptors (Lipinski definition) is 4. The van der Waals surface area contributed by atoms with Gasteiger partial charge in [0.1, 0.15) is 5.76 Å². The number of amides is 2. The number of nitrogens with one attached hydrogen (secondary N) is 1. The molecule has 0 unspecified atom stereocenters. The van der Waals surface area contributed by atoms with Gasteiger partial charge >= 0.3 is 6.03 Å². The van der Waals surface area contributed by atoms with Gasteiger partial charge in [-0.1, -0.05) is 5.16 Å². The van der Waals surface area contributed by atoms with Gasteiger partial charge in [-0.2, -0.15) is 0 Å². The number of thiophene rings is 1. The van der Waals surface area contributed by atoms with Gasteiger partial charge in [0, 0.05) is 24.0 Å². The Morgan fingerprint density at radius 2 is 2.50 bits per heavy atom. The van der Waals surface area contributed by atoms with Crippen LogP contribution in [0, 0.1) is 6.92 Å². The Morgan fingerprint density at radius 3 is 3.28 bits per heavy atom. The number of aryl methyl sites for hydroxylation is 1. The predicted octanol–water partition coefficient (Wildman–Crippen LogP) is 2.63.